The van der Waals surface area contributed by atoms with Gasteiger partial charge in [-0.25, -0.2) is 4.79 Å². The van der Waals surface area contributed by atoms with Gasteiger partial charge in [-0.05, 0) is 21.5 Å². The van der Waals surface area contributed by atoms with E-state index in [9.17, 15) is 4.79 Å². The van der Waals surface area contributed by atoms with Crippen LogP contribution in [0.25, 0.3) is 0 Å². The number of hydrogen-bond donors (Lipinski definition) is 1. The maximum absolute atomic E-state index is 11.6. The summed E-state index contributed by atoms with van der Waals surface area (Å²) in [5, 5.41) is 9.94. The Bertz CT molecular complexity index is 580. The van der Waals surface area contributed by atoms with Crippen LogP contribution in [0, 0.1) is 0 Å². The minimum atomic E-state index is -0.589. The van der Waals surface area contributed by atoms with Crippen LogP contribution >= 0.6 is 27.5 Å². The van der Waals surface area contributed by atoms with Gasteiger partial charge in [-0.15, -0.1) is 5.10 Å². The van der Waals surface area contributed by atoms with Gasteiger partial charge in [0.1, 0.15) is 6.61 Å². The van der Waals surface area contributed by atoms with Crippen LogP contribution in [0.3, 0.4) is 0 Å². The number of amides is 1. The first kappa shape index (κ1) is 13.8. The van der Waals surface area contributed by atoms with E-state index in [2.05, 4.69) is 31.4 Å². The SMILES string of the molecule is O=C(Nc1cnnc(Cl)c1Br)OCc1ccccc1. The summed E-state index contributed by atoms with van der Waals surface area (Å²) in [6.07, 6.45) is 0.786. The van der Waals surface area contributed by atoms with E-state index in [1.807, 2.05) is 30.3 Å². The molecule has 0 aliphatic carbocycles. The van der Waals surface area contributed by atoms with Crippen molar-refractivity contribution < 1.29 is 9.53 Å². The first-order valence-electron chi connectivity index (χ1n) is 5.31. The van der Waals surface area contributed by atoms with E-state index in [4.69, 9.17) is 16.3 Å². The summed E-state index contributed by atoms with van der Waals surface area (Å²) in [7, 11) is 0. The molecule has 7 heteroatoms. The molecular weight excluding hydrogens is 334 g/mol. The molecule has 0 aliphatic heterocycles. The second-order valence-electron chi connectivity index (χ2n) is 3.55. The molecule has 0 saturated carbocycles. The van der Waals surface area contributed by atoms with Gasteiger partial charge in [0, 0.05) is 0 Å². The quantitative estimate of drug-likeness (QED) is 0.925. The Morgan fingerprint density at radius 3 is 2.84 bits per heavy atom. The number of nitrogens with one attached hydrogen (secondary N) is 1. The smallest absolute Gasteiger partial charge is 0.412 e. The number of aromatic nitrogens is 2. The van der Waals surface area contributed by atoms with Gasteiger partial charge in [0.2, 0.25) is 0 Å². The number of rotatable bonds is 3. The van der Waals surface area contributed by atoms with Crippen molar-refractivity contribution in [3.8, 4) is 0 Å². The minimum Gasteiger partial charge on any atom is -0.444 e. The lowest BCUT2D eigenvalue weighted by atomic mass is 10.2. The van der Waals surface area contributed by atoms with Gasteiger partial charge in [0.15, 0.2) is 5.15 Å². The summed E-state index contributed by atoms with van der Waals surface area (Å²) in [6, 6.07) is 9.38. The molecule has 0 saturated heterocycles. The van der Waals surface area contributed by atoms with E-state index in [-0.39, 0.29) is 11.8 Å². The Morgan fingerprint density at radius 2 is 2.11 bits per heavy atom. The lowest BCUT2D eigenvalue weighted by Crippen LogP contribution is -2.14. The number of hydrogen-bond acceptors (Lipinski definition) is 4. The third kappa shape index (κ3) is 3.90. The number of ether oxygens (including phenoxy) is 1. The number of anilines is 1. The summed E-state index contributed by atoms with van der Waals surface area (Å²) < 4.78 is 5.52. The molecular formula is C12H9BrClN3O2. The Hall–Kier alpha value is -1.66. The maximum atomic E-state index is 11.6. The highest BCUT2D eigenvalue weighted by Gasteiger charge is 2.10. The summed E-state index contributed by atoms with van der Waals surface area (Å²) in [6.45, 7) is 0.191. The molecule has 0 atom stereocenters. The third-order valence-corrected chi connectivity index (χ3v) is 3.50. The van der Waals surface area contributed by atoms with E-state index < -0.39 is 6.09 Å². The summed E-state index contributed by atoms with van der Waals surface area (Å²) in [5.74, 6) is 0. The second-order valence-corrected chi connectivity index (χ2v) is 4.70. The van der Waals surface area contributed by atoms with Crippen molar-refractivity contribution in [1.29, 1.82) is 0 Å². The summed E-state index contributed by atoms with van der Waals surface area (Å²) in [5.41, 5.74) is 1.31. The van der Waals surface area contributed by atoms with Crippen LogP contribution in [0.4, 0.5) is 10.5 Å². The molecule has 1 N–H and O–H groups in total. The lowest BCUT2D eigenvalue weighted by molar-refractivity contribution is 0.155. The van der Waals surface area contributed by atoms with Gasteiger partial charge in [-0.2, -0.15) is 5.10 Å². The van der Waals surface area contributed by atoms with Crippen molar-refractivity contribution in [1.82, 2.24) is 10.2 Å². The van der Waals surface area contributed by atoms with Crippen molar-refractivity contribution in [2.75, 3.05) is 5.32 Å². The molecule has 0 unspecified atom stereocenters. The monoisotopic (exact) mass is 341 g/mol. The topological polar surface area (TPSA) is 64.1 Å². The molecule has 0 fully saturated rings. The highest BCUT2D eigenvalue weighted by Crippen LogP contribution is 2.27. The number of carbonyl (C=O) groups excluding carboxylic acids is 1. The summed E-state index contributed by atoms with van der Waals surface area (Å²) >= 11 is 8.96. The Balaban J connectivity index is 1.93. The third-order valence-electron chi connectivity index (χ3n) is 2.20. The first-order chi connectivity index (χ1) is 9.16. The highest BCUT2D eigenvalue weighted by atomic mass is 79.9. The van der Waals surface area contributed by atoms with Crippen molar-refractivity contribution in [2.24, 2.45) is 0 Å². The predicted molar refractivity (Wildman–Crippen MR) is 75.0 cm³/mol. The molecule has 5 nitrogen and oxygen atoms in total. The summed E-state index contributed by atoms with van der Waals surface area (Å²) in [4.78, 5) is 11.6. The fourth-order valence-corrected chi connectivity index (χ4v) is 1.73. The van der Waals surface area contributed by atoms with Crippen LogP contribution in [-0.4, -0.2) is 16.3 Å². The molecule has 0 bridgehead atoms. The molecule has 2 rings (SSSR count). The van der Waals surface area contributed by atoms with Crippen LogP contribution in [0.5, 0.6) is 0 Å². The second kappa shape index (κ2) is 6.49. The Labute approximate surface area is 123 Å². The number of halogens is 2. The molecule has 1 aromatic carbocycles. The standard InChI is InChI=1S/C12H9BrClN3O2/c13-10-9(6-15-17-11(10)14)16-12(18)19-7-8-4-2-1-3-5-8/h1-6H,7H2,(H,16,17,18). The van der Waals surface area contributed by atoms with Crippen molar-refractivity contribution >= 4 is 39.3 Å². The Morgan fingerprint density at radius 1 is 1.37 bits per heavy atom. The van der Waals surface area contributed by atoms with E-state index in [1.54, 1.807) is 0 Å². The zero-order valence-corrected chi connectivity index (χ0v) is 12.0. The highest BCUT2D eigenvalue weighted by molar-refractivity contribution is 9.10. The van der Waals surface area contributed by atoms with E-state index in [0.29, 0.717) is 10.2 Å². The maximum Gasteiger partial charge on any atom is 0.412 e. The Kier molecular flexibility index (Phi) is 4.70. The molecule has 0 aliphatic rings. The van der Waals surface area contributed by atoms with Gasteiger partial charge in [-0.3, -0.25) is 5.32 Å². The predicted octanol–water partition coefficient (Wildman–Crippen LogP) is 3.64. The van der Waals surface area contributed by atoms with Crippen molar-refractivity contribution in [3.63, 3.8) is 0 Å². The molecule has 19 heavy (non-hydrogen) atoms. The molecule has 1 aromatic heterocycles. The zero-order chi connectivity index (χ0) is 13.7. The lowest BCUT2D eigenvalue weighted by Gasteiger charge is -2.08. The first-order valence-corrected chi connectivity index (χ1v) is 6.48. The van der Waals surface area contributed by atoms with Gasteiger partial charge in [0.25, 0.3) is 0 Å². The normalized spacial score (nSPS) is 10.0. The van der Waals surface area contributed by atoms with Crippen LogP contribution in [0.1, 0.15) is 5.56 Å². The van der Waals surface area contributed by atoms with Crippen LogP contribution in [-0.2, 0) is 11.3 Å². The minimum absolute atomic E-state index is 0.167. The molecule has 1 heterocycles. The van der Waals surface area contributed by atoms with Gasteiger partial charge in [0.05, 0.1) is 16.4 Å². The molecule has 98 valence electrons. The van der Waals surface area contributed by atoms with E-state index >= 15 is 0 Å². The van der Waals surface area contributed by atoms with Crippen molar-refractivity contribution in [3.05, 3.63) is 51.7 Å². The zero-order valence-electron chi connectivity index (χ0n) is 9.64. The fraction of sp³-hybridized carbons (Fsp3) is 0.0833. The molecule has 1 amide bonds. The van der Waals surface area contributed by atoms with E-state index in [0.717, 1.165) is 5.56 Å². The largest absolute Gasteiger partial charge is 0.444 e. The van der Waals surface area contributed by atoms with Gasteiger partial charge >= 0.3 is 6.09 Å². The van der Waals surface area contributed by atoms with Gasteiger partial charge < -0.3 is 4.74 Å². The van der Waals surface area contributed by atoms with Crippen LogP contribution < -0.4 is 5.32 Å². The van der Waals surface area contributed by atoms with Crippen LogP contribution in [0.2, 0.25) is 5.15 Å². The molecule has 2 aromatic rings. The van der Waals surface area contributed by atoms with Crippen molar-refractivity contribution in [2.45, 2.75) is 6.61 Å². The average molecular weight is 343 g/mol. The van der Waals surface area contributed by atoms with Gasteiger partial charge in [-0.1, -0.05) is 41.9 Å². The number of carbonyl (C=O) groups is 1. The average Bonchev–Trinajstić information content (AvgIpc) is 2.43. The fourth-order valence-electron chi connectivity index (χ4n) is 1.31. The number of nitrogens with zero attached hydrogens (tertiary/aromatic N) is 2. The molecule has 0 radical (unpaired) electrons. The molecule has 0 spiro atoms. The van der Waals surface area contributed by atoms with E-state index in [1.165, 1.54) is 6.20 Å². The van der Waals surface area contributed by atoms with Crippen LogP contribution in [0.15, 0.2) is 41.0 Å². The number of benzene rings is 1.